The van der Waals surface area contributed by atoms with Crippen molar-refractivity contribution in [2.45, 2.75) is 12.8 Å². The lowest BCUT2D eigenvalue weighted by molar-refractivity contribution is -0.138. The van der Waals surface area contributed by atoms with Gasteiger partial charge in [0.2, 0.25) is 0 Å². The minimum atomic E-state index is -0.830. The predicted octanol–water partition coefficient (Wildman–Crippen LogP) is 2.57. The quantitative estimate of drug-likeness (QED) is 0.851. The third-order valence-electron chi connectivity index (χ3n) is 3.00. The third-order valence-corrected chi connectivity index (χ3v) is 3.98. The molecule has 1 aliphatic heterocycles. The van der Waals surface area contributed by atoms with Crippen molar-refractivity contribution in [3.63, 3.8) is 0 Å². The molecule has 4 heteroatoms. The van der Waals surface area contributed by atoms with Crippen molar-refractivity contribution >= 4 is 29.6 Å². The number of benzene rings is 1. The Morgan fingerprint density at radius 1 is 1.33 bits per heavy atom. The first-order valence-electron chi connectivity index (χ1n) is 5.72. The van der Waals surface area contributed by atoms with E-state index in [1.807, 2.05) is 18.2 Å². The van der Waals surface area contributed by atoms with Gasteiger partial charge in [0.25, 0.3) is 0 Å². The van der Waals surface area contributed by atoms with Crippen LogP contribution >= 0.6 is 11.8 Å². The van der Waals surface area contributed by atoms with Crippen LogP contribution in [0.5, 0.6) is 0 Å². The van der Waals surface area contributed by atoms with Crippen LogP contribution in [0.15, 0.2) is 29.8 Å². The molecular formula is C14H14O3S. The first-order chi connectivity index (χ1) is 8.58. The molecule has 0 aromatic heterocycles. The Morgan fingerprint density at radius 2 is 2.00 bits per heavy atom. The zero-order valence-electron chi connectivity index (χ0n) is 10.1. The van der Waals surface area contributed by atoms with Gasteiger partial charge in [0.1, 0.15) is 0 Å². The van der Waals surface area contributed by atoms with Crippen molar-refractivity contribution in [3.05, 3.63) is 41.0 Å². The van der Waals surface area contributed by atoms with Gasteiger partial charge >= 0.3 is 5.97 Å². The summed E-state index contributed by atoms with van der Waals surface area (Å²) in [6, 6.07) is 7.32. The second-order valence-corrected chi connectivity index (χ2v) is 5.30. The van der Waals surface area contributed by atoms with E-state index in [9.17, 15) is 9.59 Å². The third kappa shape index (κ3) is 2.82. The van der Waals surface area contributed by atoms with Crippen LogP contribution in [-0.4, -0.2) is 28.4 Å². The Labute approximate surface area is 110 Å². The SMILES string of the molecule is CC(C(=O)O)c1ccc(C=C2CSCC2=O)cc1. The number of carbonyl (C=O) groups excluding carboxylic acids is 1. The van der Waals surface area contributed by atoms with E-state index in [1.54, 1.807) is 30.8 Å². The summed E-state index contributed by atoms with van der Waals surface area (Å²) in [5, 5.41) is 8.91. The normalized spacial score (nSPS) is 19.2. The van der Waals surface area contributed by atoms with E-state index < -0.39 is 11.9 Å². The molecule has 0 spiro atoms. The van der Waals surface area contributed by atoms with Crippen LogP contribution in [0.25, 0.3) is 6.08 Å². The van der Waals surface area contributed by atoms with Crippen molar-refractivity contribution in [3.8, 4) is 0 Å². The van der Waals surface area contributed by atoms with Gasteiger partial charge < -0.3 is 5.11 Å². The molecule has 0 aliphatic carbocycles. The molecule has 94 valence electrons. The van der Waals surface area contributed by atoms with Crippen LogP contribution in [0.3, 0.4) is 0 Å². The van der Waals surface area contributed by atoms with Crippen LogP contribution in [0.2, 0.25) is 0 Å². The van der Waals surface area contributed by atoms with Crippen molar-refractivity contribution in [2.75, 3.05) is 11.5 Å². The topological polar surface area (TPSA) is 54.4 Å². The summed E-state index contributed by atoms with van der Waals surface area (Å²) >= 11 is 1.63. The second kappa shape index (κ2) is 5.40. The summed E-state index contributed by atoms with van der Waals surface area (Å²) < 4.78 is 0. The minimum absolute atomic E-state index is 0.197. The molecular weight excluding hydrogens is 248 g/mol. The zero-order valence-corrected chi connectivity index (χ0v) is 10.9. The summed E-state index contributed by atoms with van der Waals surface area (Å²) in [5.74, 6) is 0.202. The molecule has 0 saturated carbocycles. The van der Waals surface area contributed by atoms with Crippen molar-refractivity contribution < 1.29 is 14.7 Å². The monoisotopic (exact) mass is 262 g/mol. The Hall–Kier alpha value is -1.55. The van der Waals surface area contributed by atoms with Crippen LogP contribution in [0.4, 0.5) is 0 Å². The molecule has 1 N–H and O–H groups in total. The number of carbonyl (C=O) groups is 2. The molecule has 1 unspecified atom stereocenters. The van der Waals surface area contributed by atoms with E-state index in [1.165, 1.54) is 0 Å². The number of rotatable bonds is 3. The highest BCUT2D eigenvalue weighted by Gasteiger charge is 2.17. The molecule has 0 bridgehead atoms. The van der Waals surface area contributed by atoms with Crippen molar-refractivity contribution in [1.29, 1.82) is 0 Å². The number of thioether (sulfide) groups is 1. The zero-order chi connectivity index (χ0) is 13.1. The molecule has 1 aromatic rings. The van der Waals surface area contributed by atoms with Crippen LogP contribution in [0.1, 0.15) is 24.0 Å². The standard InChI is InChI=1S/C14H14O3S/c1-9(14(16)17)11-4-2-10(3-5-11)6-12-7-18-8-13(12)15/h2-6,9H,7-8H2,1H3,(H,16,17). The molecule has 1 aromatic carbocycles. The average molecular weight is 262 g/mol. The van der Waals surface area contributed by atoms with Crippen LogP contribution < -0.4 is 0 Å². The van der Waals surface area contributed by atoms with Gasteiger partial charge in [-0.1, -0.05) is 24.3 Å². The highest BCUT2D eigenvalue weighted by Crippen LogP contribution is 2.23. The second-order valence-electron chi connectivity index (χ2n) is 4.31. The van der Waals surface area contributed by atoms with E-state index in [2.05, 4.69) is 0 Å². The van der Waals surface area contributed by atoms with E-state index >= 15 is 0 Å². The Morgan fingerprint density at radius 3 is 2.50 bits per heavy atom. The van der Waals surface area contributed by atoms with Gasteiger partial charge in [-0.15, -0.1) is 11.8 Å². The Kier molecular flexibility index (Phi) is 3.87. The van der Waals surface area contributed by atoms with Gasteiger partial charge in [0.15, 0.2) is 5.78 Å². The summed E-state index contributed by atoms with van der Waals surface area (Å²) in [5.41, 5.74) is 2.57. The molecule has 1 saturated heterocycles. The van der Waals surface area contributed by atoms with Gasteiger partial charge in [-0.05, 0) is 24.1 Å². The first kappa shape index (κ1) is 12.9. The lowest BCUT2D eigenvalue weighted by Crippen LogP contribution is -2.07. The first-order valence-corrected chi connectivity index (χ1v) is 6.87. The van der Waals surface area contributed by atoms with Gasteiger partial charge in [0.05, 0.1) is 11.7 Å². The number of aliphatic carboxylic acids is 1. The van der Waals surface area contributed by atoms with Crippen molar-refractivity contribution in [2.24, 2.45) is 0 Å². The number of carboxylic acid groups (broad SMARTS) is 1. The maximum Gasteiger partial charge on any atom is 0.310 e. The molecule has 1 fully saturated rings. The Balaban J connectivity index is 2.18. The molecule has 18 heavy (non-hydrogen) atoms. The van der Waals surface area contributed by atoms with E-state index in [4.69, 9.17) is 5.11 Å². The molecule has 3 nitrogen and oxygen atoms in total. The van der Waals surface area contributed by atoms with E-state index in [0.29, 0.717) is 5.75 Å². The smallest absolute Gasteiger partial charge is 0.310 e. The van der Waals surface area contributed by atoms with Gasteiger partial charge in [-0.2, -0.15) is 0 Å². The lowest BCUT2D eigenvalue weighted by Gasteiger charge is -2.06. The minimum Gasteiger partial charge on any atom is -0.481 e. The van der Waals surface area contributed by atoms with Gasteiger partial charge in [-0.3, -0.25) is 9.59 Å². The lowest BCUT2D eigenvalue weighted by atomic mass is 9.99. The Bertz CT molecular complexity index is 502. The number of hydrogen-bond donors (Lipinski definition) is 1. The highest BCUT2D eigenvalue weighted by atomic mass is 32.2. The molecule has 2 rings (SSSR count). The highest BCUT2D eigenvalue weighted by molar-refractivity contribution is 8.00. The van der Waals surface area contributed by atoms with Gasteiger partial charge in [0, 0.05) is 11.3 Å². The molecule has 1 heterocycles. The maximum atomic E-state index is 11.5. The van der Waals surface area contributed by atoms with E-state index in [0.717, 1.165) is 22.5 Å². The largest absolute Gasteiger partial charge is 0.481 e. The summed E-state index contributed by atoms with van der Waals surface area (Å²) in [4.78, 5) is 22.3. The van der Waals surface area contributed by atoms with Crippen LogP contribution in [0, 0.1) is 0 Å². The fourth-order valence-corrected chi connectivity index (χ4v) is 2.71. The van der Waals surface area contributed by atoms with E-state index in [-0.39, 0.29) is 5.78 Å². The average Bonchev–Trinajstić information content (AvgIpc) is 2.75. The summed E-state index contributed by atoms with van der Waals surface area (Å²) in [6.07, 6.45) is 1.89. The molecule has 0 radical (unpaired) electrons. The number of carboxylic acids is 1. The fraction of sp³-hybridized carbons (Fsp3) is 0.286. The summed E-state index contributed by atoms with van der Waals surface area (Å²) in [7, 11) is 0. The molecule has 0 amide bonds. The predicted molar refractivity (Wildman–Crippen MR) is 72.8 cm³/mol. The van der Waals surface area contributed by atoms with Crippen LogP contribution in [-0.2, 0) is 9.59 Å². The number of hydrogen-bond acceptors (Lipinski definition) is 3. The van der Waals surface area contributed by atoms with Gasteiger partial charge in [-0.25, -0.2) is 0 Å². The summed E-state index contributed by atoms with van der Waals surface area (Å²) in [6.45, 7) is 1.66. The number of Topliss-reactive ketones (excluding diaryl/α,β-unsaturated/α-hetero) is 1. The molecule has 1 atom stereocenters. The fourth-order valence-electron chi connectivity index (χ4n) is 1.77. The maximum absolute atomic E-state index is 11.5. The molecule has 1 aliphatic rings. The van der Waals surface area contributed by atoms with Crippen molar-refractivity contribution in [1.82, 2.24) is 0 Å². The number of ketones is 1.